The summed E-state index contributed by atoms with van der Waals surface area (Å²) >= 11 is 1.31. The van der Waals surface area contributed by atoms with Crippen LogP contribution in [0.1, 0.15) is 88.1 Å². The number of aromatic amines is 1. The Labute approximate surface area is 454 Å². The van der Waals surface area contributed by atoms with Crippen molar-refractivity contribution < 1.29 is 43.1 Å². The van der Waals surface area contributed by atoms with Crippen LogP contribution in [0.25, 0.3) is 22.0 Å². The minimum atomic E-state index is -0.695. The maximum Gasteiger partial charge on any atom is 0.274 e. The number of hydrogen-bond acceptors (Lipinski definition) is 14. The fourth-order valence-electron chi connectivity index (χ4n) is 10.7. The molecule has 2 fully saturated rings. The second-order valence-electron chi connectivity index (χ2n) is 19.8. The van der Waals surface area contributed by atoms with Crippen molar-refractivity contribution in [3.8, 4) is 22.6 Å². The lowest BCUT2D eigenvalue weighted by Gasteiger charge is -2.37. The highest BCUT2D eigenvalue weighted by Gasteiger charge is 2.37. The van der Waals surface area contributed by atoms with Gasteiger partial charge in [0, 0.05) is 142 Å². The molecule has 4 aliphatic rings. The number of pyridine rings is 1. The van der Waals surface area contributed by atoms with E-state index in [1.54, 1.807) is 55.5 Å². The van der Waals surface area contributed by atoms with Gasteiger partial charge >= 0.3 is 0 Å². The maximum atomic E-state index is 14.5. The average molecular weight is 1080 g/mol. The SMILES string of the molecule is CNC(=O)CCC(C=O)N1Cc2c(NC3CCN(C4CCC(NC(=O)c5cc(Oc6ccccc6)c(-c6cn(C)c(=O)c7[nH]c(C(=O)NCCNC(=O)CCN8C(=O)C=CC8=O)cc67)cc5NSC)C4)CC3)cccc2C1=O. The van der Waals surface area contributed by atoms with Crippen LogP contribution >= 0.6 is 11.9 Å². The predicted molar refractivity (Wildman–Crippen MR) is 295 cm³/mol. The molecule has 2 aromatic heterocycles. The monoisotopic (exact) mass is 1080 g/mol. The van der Waals surface area contributed by atoms with E-state index in [4.69, 9.17) is 4.74 Å². The Kier molecular flexibility index (Phi) is 17.1. The number of piperidine rings is 1. The summed E-state index contributed by atoms with van der Waals surface area (Å²) in [5.41, 5.74) is 4.16. The van der Waals surface area contributed by atoms with Gasteiger partial charge in [-0.25, -0.2) is 0 Å². The number of carbonyl (C=O) groups excluding carboxylic acids is 8. The van der Waals surface area contributed by atoms with E-state index >= 15 is 0 Å². The second-order valence-corrected chi connectivity index (χ2v) is 20.4. The molecular weight excluding hydrogens is 1020 g/mol. The van der Waals surface area contributed by atoms with Gasteiger partial charge < -0.3 is 60.2 Å². The van der Waals surface area contributed by atoms with Gasteiger partial charge in [0.2, 0.25) is 11.8 Å². The first kappa shape index (κ1) is 54.5. The summed E-state index contributed by atoms with van der Waals surface area (Å²) in [5.74, 6) is -1.70. The van der Waals surface area contributed by atoms with Crippen LogP contribution in [-0.4, -0.2) is 142 Å². The van der Waals surface area contributed by atoms with Crippen LogP contribution in [0.2, 0.25) is 0 Å². The molecule has 22 heteroatoms. The van der Waals surface area contributed by atoms with Crippen LogP contribution in [0.4, 0.5) is 11.4 Å². The summed E-state index contributed by atoms with van der Waals surface area (Å²) < 4.78 is 11.3. The van der Waals surface area contributed by atoms with E-state index in [9.17, 15) is 43.2 Å². The number of H-pyrrole nitrogens is 1. The van der Waals surface area contributed by atoms with Crippen molar-refractivity contribution in [2.45, 2.75) is 82.1 Å². The minimum Gasteiger partial charge on any atom is -0.457 e. The highest BCUT2D eigenvalue weighted by Crippen LogP contribution is 2.41. The van der Waals surface area contributed by atoms with Crippen LogP contribution in [0, 0.1) is 0 Å². The first-order valence-electron chi connectivity index (χ1n) is 26.1. The molecule has 3 aromatic carbocycles. The van der Waals surface area contributed by atoms with Crippen LogP contribution in [0.3, 0.4) is 0 Å². The zero-order chi connectivity index (χ0) is 55.0. The summed E-state index contributed by atoms with van der Waals surface area (Å²) in [6.45, 7) is 2.07. The summed E-state index contributed by atoms with van der Waals surface area (Å²) in [7, 11) is 3.15. The van der Waals surface area contributed by atoms with Crippen molar-refractivity contribution in [3.63, 3.8) is 0 Å². The first-order valence-corrected chi connectivity index (χ1v) is 27.4. The fraction of sp³-hybridized carbons (Fsp3) is 0.375. The molecule has 0 radical (unpaired) electrons. The van der Waals surface area contributed by atoms with Crippen molar-refractivity contribution in [1.82, 2.24) is 45.5 Å². The lowest BCUT2D eigenvalue weighted by atomic mass is 9.98. The number of carbonyl (C=O) groups is 8. The Bertz CT molecular complexity index is 3220. The Morgan fingerprint density at radius 3 is 2.31 bits per heavy atom. The van der Waals surface area contributed by atoms with Crippen molar-refractivity contribution in [2.24, 2.45) is 7.05 Å². The molecule has 3 unspecified atom stereocenters. The van der Waals surface area contributed by atoms with Gasteiger partial charge in [-0.1, -0.05) is 36.2 Å². The lowest BCUT2D eigenvalue weighted by Crippen LogP contribution is -2.44. The average Bonchev–Trinajstić information content (AvgIpc) is 4.41. The summed E-state index contributed by atoms with van der Waals surface area (Å²) in [6.07, 6.45) is 11.1. The molecule has 3 aliphatic heterocycles. The quantitative estimate of drug-likeness (QED) is 0.0219. The van der Waals surface area contributed by atoms with Gasteiger partial charge in [-0.15, -0.1) is 0 Å². The van der Waals surface area contributed by atoms with E-state index in [1.807, 2.05) is 42.7 Å². The number of aryl methyl sites for hydroxylation is 1. The number of likely N-dealkylation sites (tertiary alicyclic amines) is 1. The number of amides is 7. The maximum absolute atomic E-state index is 14.5. The number of aldehydes is 1. The van der Waals surface area contributed by atoms with Crippen molar-refractivity contribution in [2.75, 3.05) is 56.1 Å². The number of para-hydroxylation sites is 1. The summed E-state index contributed by atoms with van der Waals surface area (Å²) in [5, 5.41) is 15.5. The highest BCUT2D eigenvalue weighted by molar-refractivity contribution is 7.99. The van der Waals surface area contributed by atoms with Gasteiger partial charge in [-0.2, -0.15) is 0 Å². The van der Waals surface area contributed by atoms with Crippen molar-refractivity contribution >= 4 is 81.9 Å². The lowest BCUT2D eigenvalue weighted by molar-refractivity contribution is -0.137. The molecule has 5 aromatic rings. The molecule has 7 amide bonds. The normalized spacial score (nSPS) is 17.8. The molecule has 9 rings (SSSR count). The molecule has 7 N–H and O–H groups in total. The third-order valence-electron chi connectivity index (χ3n) is 14.9. The number of nitrogens with one attached hydrogen (secondary N) is 7. The Morgan fingerprint density at radius 2 is 1.58 bits per heavy atom. The largest absolute Gasteiger partial charge is 0.457 e. The number of hydrogen-bond donors (Lipinski definition) is 7. The Hall–Kier alpha value is -8.24. The number of rotatable bonds is 22. The minimum absolute atomic E-state index is 0.0494. The third-order valence-corrected chi connectivity index (χ3v) is 15.3. The van der Waals surface area contributed by atoms with Crippen molar-refractivity contribution in [1.29, 1.82) is 0 Å². The molecule has 21 nitrogen and oxygen atoms in total. The standard InChI is InChI=1S/C56H63N11O10S/c1-57-48(69)15-14-36(32-68)67-31-43-38(55(67)75)10-7-11-44(43)60-33-18-23-65(24-19-33)35-13-12-34(26-35)61-53(73)41-29-47(77-37-8-5-4-6-9-37)39(27-45(41)63-78-3)42-30-64(2)56(76)52-40(42)28-46(62-52)54(74)59-22-21-58-49(70)20-25-66-50(71)16-17-51(66)72/h4-11,16-17,27-30,32-36,60,62-63H,12-15,18-26,31H2,1-3H3,(H,57,69)(H,58,70)(H,59,74)(H,61,73). The molecular formula is C56H63N11O10S. The molecule has 78 heavy (non-hydrogen) atoms. The zero-order valence-corrected chi connectivity index (χ0v) is 44.5. The topological polar surface area (TPSA) is 265 Å². The number of benzene rings is 3. The Balaban J connectivity index is 0.853. The van der Waals surface area contributed by atoms with E-state index in [2.05, 4.69) is 41.2 Å². The van der Waals surface area contributed by atoms with Gasteiger partial charge in [0.1, 0.15) is 29.0 Å². The summed E-state index contributed by atoms with van der Waals surface area (Å²) in [6, 6.07) is 19.5. The van der Waals surface area contributed by atoms with Gasteiger partial charge in [0.05, 0.1) is 17.3 Å². The van der Waals surface area contributed by atoms with Crippen LogP contribution in [-0.2, 0) is 37.6 Å². The van der Waals surface area contributed by atoms with Gasteiger partial charge in [-0.3, -0.25) is 43.3 Å². The Morgan fingerprint density at radius 1 is 0.821 bits per heavy atom. The van der Waals surface area contributed by atoms with Crippen LogP contribution in [0.5, 0.6) is 11.5 Å². The molecule has 1 saturated carbocycles. The van der Waals surface area contributed by atoms with E-state index < -0.39 is 29.7 Å². The van der Waals surface area contributed by atoms with Gasteiger partial charge in [0.15, 0.2) is 0 Å². The van der Waals surface area contributed by atoms with E-state index in [0.717, 1.165) is 79.8 Å². The number of fused-ring (bicyclic) bond motifs is 2. The number of aromatic nitrogens is 2. The van der Waals surface area contributed by atoms with Crippen molar-refractivity contribution in [3.05, 3.63) is 118 Å². The van der Waals surface area contributed by atoms with E-state index in [1.165, 1.54) is 16.5 Å². The first-order chi connectivity index (χ1) is 37.7. The molecule has 5 heterocycles. The third kappa shape index (κ3) is 12.1. The fourth-order valence-corrected chi connectivity index (χ4v) is 11.1. The van der Waals surface area contributed by atoms with Gasteiger partial charge in [0.25, 0.3) is 35.1 Å². The summed E-state index contributed by atoms with van der Waals surface area (Å²) in [4.78, 5) is 123. The molecule has 408 valence electrons. The molecule has 0 spiro atoms. The number of imide groups is 1. The zero-order valence-electron chi connectivity index (χ0n) is 43.6. The van der Waals surface area contributed by atoms with Gasteiger partial charge in [-0.05, 0) is 81.0 Å². The van der Waals surface area contributed by atoms with Crippen LogP contribution < -0.4 is 41.6 Å². The molecule has 1 saturated heterocycles. The molecule has 0 bridgehead atoms. The van der Waals surface area contributed by atoms with E-state index in [-0.39, 0.29) is 91.5 Å². The molecule has 1 aliphatic carbocycles. The number of nitrogens with zero attached hydrogens (tertiary/aromatic N) is 4. The number of anilines is 2. The second kappa shape index (κ2) is 24.4. The van der Waals surface area contributed by atoms with Crippen LogP contribution in [0.15, 0.2) is 89.9 Å². The molecule has 3 atom stereocenters. The highest BCUT2D eigenvalue weighted by atomic mass is 32.2. The smallest absolute Gasteiger partial charge is 0.274 e. The van der Waals surface area contributed by atoms with E-state index in [0.29, 0.717) is 51.4 Å². The predicted octanol–water partition coefficient (Wildman–Crippen LogP) is 4.45. The number of ether oxygens (including phenoxy) is 1.